The molecule has 118 valence electrons. The van der Waals surface area contributed by atoms with Crippen LogP contribution in [0.4, 0.5) is 5.69 Å². The van der Waals surface area contributed by atoms with Crippen molar-refractivity contribution in [2.45, 2.75) is 20.4 Å². The Bertz CT molecular complexity index is 594. The number of benzene rings is 2. The molecule has 0 aliphatic heterocycles. The van der Waals surface area contributed by atoms with Crippen molar-refractivity contribution in [1.29, 1.82) is 0 Å². The van der Waals surface area contributed by atoms with Gasteiger partial charge in [-0.05, 0) is 31.5 Å². The van der Waals surface area contributed by atoms with Gasteiger partial charge in [0.25, 0.3) is 0 Å². The first kappa shape index (κ1) is 16.8. The highest BCUT2D eigenvalue weighted by Gasteiger charge is 2.33. The molecule has 0 unspecified atom stereocenters. The van der Waals surface area contributed by atoms with Crippen molar-refractivity contribution in [1.82, 2.24) is 0 Å². The Hall–Kier alpha value is -1.61. The molecule has 0 aromatic heterocycles. The number of hydrogen-bond acceptors (Lipinski definition) is 3. The van der Waals surface area contributed by atoms with Gasteiger partial charge in [0, 0.05) is 5.69 Å². The molecule has 0 radical (unpaired) electrons. The summed E-state index contributed by atoms with van der Waals surface area (Å²) in [4.78, 5) is 0. The van der Waals surface area contributed by atoms with Crippen molar-refractivity contribution >= 4 is 13.4 Å². The van der Waals surface area contributed by atoms with Gasteiger partial charge in [-0.1, -0.05) is 48.5 Å². The Labute approximate surface area is 132 Å². The van der Waals surface area contributed by atoms with Gasteiger partial charge < -0.3 is 0 Å². The van der Waals surface area contributed by atoms with Crippen molar-refractivity contribution in [3.05, 3.63) is 66.2 Å². The third-order valence-electron chi connectivity index (χ3n) is 3.11. The van der Waals surface area contributed by atoms with E-state index in [1.54, 1.807) is 4.67 Å². The molecule has 4 nitrogen and oxygen atoms in total. The van der Waals surface area contributed by atoms with E-state index in [-0.39, 0.29) is 0 Å². The van der Waals surface area contributed by atoms with Crippen molar-refractivity contribution in [3.8, 4) is 0 Å². The predicted octanol–water partition coefficient (Wildman–Crippen LogP) is 4.87. The fraction of sp³-hybridized carbons (Fsp3) is 0.294. The maximum atomic E-state index is 13.2. The zero-order valence-corrected chi connectivity index (χ0v) is 13.9. The minimum atomic E-state index is -3.38. The first-order chi connectivity index (χ1) is 10.7. The van der Waals surface area contributed by atoms with Gasteiger partial charge in [-0.2, -0.15) is 0 Å². The molecule has 0 bridgehead atoms. The van der Waals surface area contributed by atoms with Crippen LogP contribution in [-0.2, 0) is 20.2 Å². The summed E-state index contributed by atoms with van der Waals surface area (Å²) in [5.74, 6) is 0. The van der Waals surface area contributed by atoms with E-state index in [4.69, 9.17) is 9.05 Å². The fourth-order valence-corrected chi connectivity index (χ4v) is 3.94. The molecular weight excluding hydrogens is 297 g/mol. The number of rotatable bonds is 8. The van der Waals surface area contributed by atoms with E-state index in [0.29, 0.717) is 19.8 Å². The van der Waals surface area contributed by atoms with Crippen LogP contribution in [0, 0.1) is 0 Å². The molecule has 5 heteroatoms. The minimum Gasteiger partial charge on any atom is -0.292 e. The molecule has 22 heavy (non-hydrogen) atoms. The first-order valence-electron chi connectivity index (χ1n) is 7.45. The highest BCUT2D eigenvalue weighted by atomic mass is 31.2. The van der Waals surface area contributed by atoms with Gasteiger partial charge in [0.05, 0.1) is 19.8 Å². The van der Waals surface area contributed by atoms with E-state index in [2.05, 4.69) is 0 Å². The van der Waals surface area contributed by atoms with Crippen LogP contribution in [0.5, 0.6) is 0 Å². The molecule has 0 fully saturated rings. The molecule has 0 saturated carbocycles. The van der Waals surface area contributed by atoms with E-state index in [9.17, 15) is 4.57 Å². The summed E-state index contributed by atoms with van der Waals surface area (Å²) in [5.41, 5.74) is 1.86. The van der Waals surface area contributed by atoms with Gasteiger partial charge >= 0.3 is 7.75 Å². The summed E-state index contributed by atoms with van der Waals surface area (Å²) in [6, 6.07) is 19.5. The largest absolute Gasteiger partial charge is 0.435 e. The van der Waals surface area contributed by atoms with Gasteiger partial charge in [0.1, 0.15) is 0 Å². The lowest BCUT2D eigenvalue weighted by atomic mass is 10.2. The number of anilines is 1. The zero-order valence-electron chi connectivity index (χ0n) is 13.0. The van der Waals surface area contributed by atoms with Crippen LogP contribution >= 0.6 is 7.75 Å². The van der Waals surface area contributed by atoms with Crippen LogP contribution in [-0.4, -0.2) is 13.2 Å². The Morgan fingerprint density at radius 1 is 0.864 bits per heavy atom. The number of hydrogen-bond donors (Lipinski definition) is 0. The third kappa shape index (κ3) is 4.20. The van der Waals surface area contributed by atoms with Gasteiger partial charge in [0.15, 0.2) is 0 Å². The second-order valence-electron chi connectivity index (χ2n) is 4.68. The summed E-state index contributed by atoms with van der Waals surface area (Å²) in [5, 5.41) is 0. The Morgan fingerprint density at radius 2 is 1.36 bits per heavy atom. The average Bonchev–Trinajstić information content (AvgIpc) is 2.55. The van der Waals surface area contributed by atoms with E-state index in [0.717, 1.165) is 11.3 Å². The Kier molecular flexibility index (Phi) is 6.20. The normalized spacial score (nSPS) is 11.4. The number of para-hydroxylation sites is 1. The molecule has 0 aliphatic rings. The molecule has 0 spiro atoms. The van der Waals surface area contributed by atoms with E-state index >= 15 is 0 Å². The SMILES string of the molecule is CCOP(=O)(OCC)N(Cc1ccccc1)c1ccccc1. The molecule has 0 amide bonds. The summed E-state index contributed by atoms with van der Waals surface area (Å²) in [6.07, 6.45) is 0. The van der Waals surface area contributed by atoms with Crippen LogP contribution in [0.3, 0.4) is 0 Å². The summed E-state index contributed by atoms with van der Waals surface area (Å²) in [7, 11) is -3.38. The summed E-state index contributed by atoms with van der Waals surface area (Å²) >= 11 is 0. The van der Waals surface area contributed by atoms with E-state index in [1.807, 2.05) is 74.5 Å². The van der Waals surface area contributed by atoms with Gasteiger partial charge in [-0.15, -0.1) is 0 Å². The summed E-state index contributed by atoms with van der Waals surface area (Å²) < 4.78 is 26.0. The van der Waals surface area contributed by atoms with Crippen molar-refractivity contribution in [2.75, 3.05) is 17.9 Å². The molecule has 0 aliphatic carbocycles. The van der Waals surface area contributed by atoms with Crippen molar-refractivity contribution < 1.29 is 13.6 Å². The van der Waals surface area contributed by atoms with Crippen molar-refractivity contribution in [2.24, 2.45) is 0 Å². The second kappa shape index (κ2) is 8.14. The first-order valence-corrected chi connectivity index (χ1v) is 8.95. The van der Waals surface area contributed by atoms with Crippen LogP contribution in [0.2, 0.25) is 0 Å². The molecule has 2 aromatic rings. The molecule has 0 atom stereocenters. The van der Waals surface area contributed by atoms with Crippen LogP contribution in [0.25, 0.3) is 0 Å². The maximum Gasteiger partial charge on any atom is 0.435 e. The minimum absolute atomic E-state index is 0.329. The van der Waals surface area contributed by atoms with Gasteiger partial charge in [-0.3, -0.25) is 13.7 Å². The predicted molar refractivity (Wildman–Crippen MR) is 89.9 cm³/mol. The van der Waals surface area contributed by atoms with E-state index in [1.165, 1.54) is 0 Å². The molecule has 2 rings (SSSR count). The standard InChI is InChI=1S/C17H22NO3P/c1-3-20-22(19,21-4-2)18(17-13-9-6-10-14-17)15-16-11-7-5-8-12-16/h5-14H,3-4,15H2,1-2H3. The highest BCUT2D eigenvalue weighted by Crippen LogP contribution is 2.54. The topological polar surface area (TPSA) is 38.8 Å². The third-order valence-corrected chi connectivity index (χ3v) is 5.24. The number of nitrogens with zero attached hydrogens (tertiary/aromatic N) is 1. The Balaban J connectivity index is 2.38. The van der Waals surface area contributed by atoms with Crippen LogP contribution in [0.15, 0.2) is 60.7 Å². The lowest BCUT2D eigenvalue weighted by Gasteiger charge is -2.31. The maximum absolute atomic E-state index is 13.2. The van der Waals surface area contributed by atoms with Gasteiger partial charge in [-0.25, -0.2) is 4.57 Å². The fourth-order valence-electron chi connectivity index (χ4n) is 2.18. The van der Waals surface area contributed by atoms with Crippen molar-refractivity contribution in [3.63, 3.8) is 0 Å². The van der Waals surface area contributed by atoms with Crippen LogP contribution in [0.1, 0.15) is 19.4 Å². The lowest BCUT2D eigenvalue weighted by molar-refractivity contribution is 0.217. The summed E-state index contributed by atoms with van der Waals surface area (Å²) in [6.45, 7) is 4.75. The van der Waals surface area contributed by atoms with Gasteiger partial charge in [0.2, 0.25) is 0 Å². The monoisotopic (exact) mass is 319 g/mol. The smallest absolute Gasteiger partial charge is 0.292 e. The molecule has 0 heterocycles. The Morgan fingerprint density at radius 3 is 1.86 bits per heavy atom. The average molecular weight is 319 g/mol. The molecule has 0 saturated heterocycles. The molecule has 2 aromatic carbocycles. The quantitative estimate of drug-likeness (QED) is 0.650. The lowest BCUT2D eigenvalue weighted by Crippen LogP contribution is -2.22. The second-order valence-corrected chi connectivity index (χ2v) is 6.62. The van der Waals surface area contributed by atoms with Crippen LogP contribution < -0.4 is 4.67 Å². The molecule has 0 N–H and O–H groups in total. The van der Waals surface area contributed by atoms with E-state index < -0.39 is 7.75 Å². The molecular formula is C17H22NO3P. The highest BCUT2D eigenvalue weighted by molar-refractivity contribution is 7.55. The zero-order chi connectivity index (χ0) is 15.8.